The summed E-state index contributed by atoms with van der Waals surface area (Å²) in [6.45, 7) is 3.97. The van der Waals surface area contributed by atoms with Crippen molar-refractivity contribution >= 4 is 5.91 Å². The summed E-state index contributed by atoms with van der Waals surface area (Å²) < 4.78 is 0. The Hall–Kier alpha value is -0.570. The fraction of sp³-hybridized carbons (Fsp3) is 0.909. The molecule has 0 bridgehead atoms. The topological polar surface area (TPSA) is 55.1 Å². The molecular weight excluding hydrogens is 176 g/mol. The molecule has 1 unspecified atom stereocenters. The summed E-state index contributed by atoms with van der Waals surface area (Å²) in [5, 5.41) is 3.03. The lowest BCUT2D eigenvalue weighted by Gasteiger charge is -2.20. The lowest BCUT2D eigenvalue weighted by atomic mass is 9.99. The van der Waals surface area contributed by atoms with E-state index in [9.17, 15) is 4.79 Å². The molecule has 1 amide bonds. The van der Waals surface area contributed by atoms with Gasteiger partial charge < -0.3 is 11.1 Å². The molecule has 0 saturated heterocycles. The molecule has 0 aromatic heterocycles. The average molecular weight is 198 g/mol. The third kappa shape index (κ3) is 3.66. The average Bonchev–Trinajstić information content (AvgIpc) is 2.53. The van der Waals surface area contributed by atoms with E-state index in [0.717, 1.165) is 0 Å². The lowest BCUT2D eigenvalue weighted by molar-refractivity contribution is -0.122. The molecule has 2 atom stereocenters. The van der Waals surface area contributed by atoms with Gasteiger partial charge in [-0.05, 0) is 32.6 Å². The highest BCUT2D eigenvalue weighted by atomic mass is 16.1. The first-order valence-electron chi connectivity index (χ1n) is 5.64. The normalized spacial score (nSPS) is 21.9. The van der Waals surface area contributed by atoms with Crippen molar-refractivity contribution in [3.8, 4) is 0 Å². The van der Waals surface area contributed by atoms with E-state index >= 15 is 0 Å². The number of nitrogens with one attached hydrogen (secondary N) is 1. The molecule has 0 aliphatic heterocycles. The number of carbonyl (C=O) groups is 1. The number of rotatable bonds is 4. The second-order valence-electron chi connectivity index (χ2n) is 4.58. The van der Waals surface area contributed by atoms with Crippen LogP contribution in [0.25, 0.3) is 0 Å². The molecule has 1 fully saturated rings. The van der Waals surface area contributed by atoms with Crippen LogP contribution in [-0.2, 0) is 4.79 Å². The van der Waals surface area contributed by atoms with Crippen molar-refractivity contribution in [1.29, 1.82) is 0 Å². The molecule has 3 heteroatoms. The van der Waals surface area contributed by atoms with Gasteiger partial charge in [0.05, 0.1) is 0 Å². The quantitative estimate of drug-likeness (QED) is 0.717. The molecule has 0 radical (unpaired) electrons. The van der Waals surface area contributed by atoms with Crippen molar-refractivity contribution in [2.24, 2.45) is 11.7 Å². The third-order valence-electron chi connectivity index (χ3n) is 3.00. The van der Waals surface area contributed by atoms with Gasteiger partial charge in [-0.2, -0.15) is 0 Å². The fourth-order valence-corrected chi connectivity index (χ4v) is 2.18. The Labute approximate surface area is 86.4 Å². The fourth-order valence-electron chi connectivity index (χ4n) is 2.18. The molecule has 1 rings (SSSR count). The predicted molar refractivity (Wildman–Crippen MR) is 57.8 cm³/mol. The monoisotopic (exact) mass is 198 g/mol. The highest BCUT2D eigenvalue weighted by molar-refractivity contribution is 5.76. The van der Waals surface area contributed by atoms with Crippen LogP contribution in [0.2, 0.25) is 0 Å². The van der Waals surface area contributed by atoms with Crippen molar-refractivity contribution < 1.29 is 4.79 Å². The Balaban J connectivity index is 2.24. The van der Waals surface area contributed by atoms with Crippen LogP contribution in [0.3, 0.4) is 0 Å². The zero-order chi connectivity index (χ0) is 10.6. The van der Waals surface area contributed by atoms with Gasteiger partial charge in [-0.3, -0.25) is 4.79 Å². The first-order chi connectivity index (χ1) is 6.59. The van der Waals surface area contributed by atoms with Gasteiger partial charge in [-0.15, -0.1) is 0 Å². The van der Waals surface area contributed by atoms with E-state index in [1.54, 1.807) is 0 Å². The second-order valence-corrected chi connectivity index (χ2v) is 4.58. The maximum absolute atomic E-state index is 11.4. The summed E-state index contributed by atoms with van der Waals surface area (Å²) in [6.07, 6.45) is 5.60. The minimum atomic E-state index is -0.0363. The van der Waals surface area contributed by atoms with E-state index < -0.39 is 0 Å². The second kappa shape index (κ2) is 5.35. The molecule has 0 aromatic rings. The van der Waals surface area contributed by atoms with Crippen LogP contribution in [-0.4, -0.2) is 18.0 Å². The first kappa shape index (κ1) is 11.5. The van der Waals surface area contributed by atoms with Gasteiger partial charge in [-0.1, -0.05) is 12.8 Å². The maximum Gasteiger partial charge on any atom is 0.221 e. The van der Waals surface area contributed by atoms with Gasteiger partial charge in [0.15, 0.2) is 0 Å². The highest BCUT2D eigenvalue weighted by Gasteiger charge is 2.22. The Kier molecular flexibility index (Phi) is 4.39. The van der Waals surface area contributed by atoms with Crippen molar-refractivity contribution in [3.05, 3.63) is 0 Å². The van der Waals surface area contributed by atoms with Crippen LogP contribution >= 0.6 is 0 Å². The number of hydrogen-bond acceptors (Lipinski definition) is 2. The van der Waals surface area contributed by atoms with Crippen molar-refractivity contribution in [2.75, 3.05) is 0 Å². The lowest BCUT2D eigenvalue weighted by Crippen LogP contribution is -2.39. The van der Waals surface area contributed by atoms with E-state index in [1.807, 2.05) is 6.92 Å². The van der Waals surface area contributed by atoms with Gasteiger partial charge >= 0.3 is 0 Å². The highest BCUT2D eigenvalue weighted by Crippen LogP contribution is 2.27. The first-order valence-corrected chi connectivity index (χ1v) is 5.64. The zero-order valence-corrected chi connectivity index (χ0v) is 9.25. The Morgan fingerprint density at radius 2 is 2.00 bits per heavy atom. The summed E-state index contributed by atoms with van der Waals surface area (Å²) in [5.41, 5.74) is 5.56. The van der Waals surface area contributed by atoms with Gasteiger partial charge in [0.2, 0.25) is 5.91 Å². The predicted octanol–water partition coefficient (Wildman–Crippen LogP) is 1.42. The molecule has 0 heterocycles. The van der Waals surface area contributed by atoms with Crippen molar-refractivity contribution in [2.45, 2.75) is 58.0 Å². The van der Waals surface area contributed by atoms with Gasteiger partial charge in [0.25, 0.3) is 0 Å². The molecule has 82 valence electrons. The number of hydrogen-bond donors (Lipinski definition) is 2. The molecule has 3 N–H and O–H groups in total. The summed E-state index contributed by atoms with van der Waals surface area (Å²) in [4.78, 5) is 11.4. The van der Waals surface area contributed by atoms with Crippen LogP contribution in [0.1, 0.15) is 46.0 Å². The SMILES string of the molecule is CC(N)CC(=O)N[C@H](C)C1CCCC1. The molecule has 14 heavy (non-hydrogen) atoms. The van der Waals surface area contributed by atoms with Crippen LogP contribution in [0.15, 0.2) is 0 Å². The molecule has 3 nitrogen and oxygen atoms in total. The smallest absolute Gasteiger partial charge is 0.221 e. The summed E-state index contributed by atoms with van der Waals surface area (Å²) in [7, 11) is 0. The number of nitrogens with two attached hydrogens (primary N) is 1. The van der Waals surface area contributed by atoms with Crippen LogP contribution in [0.4, 0.5) is 0 Å². The number of carbonyl (C=O) groups excluding carboxylic acids is 1. The Morgan fingerprint density at radius 3 is 2.50 bits per heavy atom. The minimum Gasteiger partial charge on any atom is -0.353 e. The summed E-state index contributed by atoms with van der Waals surface area (Å²) in [5.74, 6) is 0.784. The van der Waals surface area contributed by atoms with E-state index in [1.165, 1.54) is 25.7 Å². The van der Waals surface area contributed by atoms with Crippen LogP contribution in [0, 0.1) is 5.92 Å². The summed E-state index contributed by atoms with van der Waals surface area (Å²) >= 11 is 0. The Morgan fingerprint density at radius 1 is 1.43 bits per heavy atom. The molecule has 1 saturated carbocycles. The molecule has 0 aromatic carbocycles. The minimum absolute atomic E-state index is 0.0363. The maximum atomic E-state index is 11.4. The largest absolute Gasteiger partial charge is 0.353 e. The zero-order valence-electron chi connectivity index (χ0n) is 9.25. The van der Waals surface area contributed by atoms with E-state index in [-0.39, 0.29) is 11.9 Å². The standard InChI is InChI=1S/C11H22N2O/c1-8(12)7-11(14)13-9(2)10-5-3-4-6-10/h8-10H,3-7,12H2,1-2H3,(H,13,14)/t8?,9-/m1/s1. The van der Waals surface area contributed by atoms with Crippen LogP contribution < -0.4 is 11.1 Å². The molecule has 1 aliphatic carbocycles. The van der Waals surface area contributed by atoms with E-state index in [2.05, 4.69) is 12.2 Å². The molecular formula is C11H22N2O. The van der Waals surface area contributed by atoms with Gasteiger partial charge in [0.1, 0.15) is 0 Å². The molecule has 0 spiro atoms. The number of amides is 1. The Bertz CT molecular complexity index is 186. The molecule has 1 aliphatic rings. The summed E-state index contributed by atoms with van der Waals surface area (Å²) in [6, 6.07) is 0.287. The third-order valence-corrected chi connectivity index (χ3v) is 3.00. The van der Waals surface area contributed by atoms with Crippen molar-refractivity contribution in [3.63, 3.8) is 0 Å². The van der Waals surface area contributed by atoms with E-state index in [4.69, 9.17) is 5.73 Å². The van der Waals surface area contributed by atoms with Crippen LogP contribution in [0.5, 0.6) is 0 Å². The van der Waals surface area contributed by atoms with Gasteiger partial charge in [0, 0.05) is 18.5 Å². The van der Waals surface area contributed by atoms with E-state index in [0.29, 0.717) is 18.4 Å². The van der Waals surface area contributed by atoms with Gasteiger partial charge in [-0.25, -0.2) is 0 Å². The van der Waals surface area contributed by atoms with Crippen molar-refractivity contribution in [1.82, 2.24) is 5.32 Å².